The first-order chi connectivity index (χ1) is 10.2. The highest BCUT2D eigenvalue weighted by molar-refractivity contribution is 7.99. The first-order valence-corrected chi connectivity index (χ1v) is 8.75. The van der Waals surface area contributed by atoms with E-state index in [9.17, 15) is 4.79 Å². The van der Waals surface area contributed by atoms with Crippen LogP contribution in [0.4, 0.5) is 0 Å². The minimum atomic E-state index is 0.0534. The highest BCUT2D eigenvalue weighted by Crippen LogP contribution is 2.40. The number of ether oxygens (including phenoxy) is 1. The molecule has 1 aromatic heterocycles. The fourth-order valence-corrected chi connectivity index (χ4v) is 4.55. The summed E-state index contributed by atoms with van der Waals surface area (Å²) in [5.74, 6) is 1.82. The molecule has 1 fully saturated rings. The van der Waals surface area contributed by atoms with Gasteiger partial charge in [-0.1, -0.05) is 23.7 Å². The largest absolute Gasteiger partial charge is 0.497 e. The fourth-order valence-electron chi connectivity index (χ4n) is 2.29. The fraction of sp³-hybridized carbons (Fsp3) is 0.267. The number of carbonyl (C=O) groups is 1. The Morgan fingerprint density at radius 1 is 1.29 bits per heavy atom. The van der Waals surface area contributed by atoms with Gasteiger partial charge in [-0.15, -0.1) is 23.1 Å². The Labute approximate surface area is 136 Å². The van der Waals surface area contributed by atoms with E-state index in [1.165, 1.54) is 11.3 Å². The van der Waals surface area contributed by atoms with Crippen LogP contribution in [0.25, 0.3) is 0 Å². The van der Waals surface area contributed by atoms with Gasteiger partial charge in [-0.3, -0.25) is 4.79 Å². The molecule has 0 radical (unpaired) electrons. The van der Waals surface area contributed by atoms with Gasteiger partial charge in [0.2, 0.25) is 0 Å². The van der Waals surface area contributed by atoms with Crippen LogP contribution in [0.2, 0.25) is 4.34 Å². The number of nitrogens with zero attached hydrogens (tertiary/aromatic N) is 1. The molecule has 0 bridgehead atoms. The number of halogens is 1. The molecular formula is C15H14ClNO2S2. The summed E-state index contributed by atoms with van der Waals surface area (Å²) < 4.78 is 5.82. The van der Waals surface area contributed by atoms with Crippen molar-refractivity contribution in [2.24, 2.45) is 0 Å². The number of thioether (sulfide) groups is 1. The molecule has 2 aromatic rings. The van der Waals surface area contributed by atoms with Crippen molar-refractivity contribution < 1.29 is 9.53 Å². The Hall–Kier alpha value is -1.17. The summed E-state index contributed by atoms with van der Waals surface area (Å²) in [6, 6.07) is 11.5. The van der Waals surface area contributed by atoms with E-state index in [1.54, 1.807) is 31.0 Å². The molecule has 3 rings (SSSR count). The van der Waals surface area contributed by atoms with Crippen LogP contribution >= 0.6 is 34.7 Å². The molecule has 0 unspecified atom stereocenters. The molecule has 0 N–H and O–H groups in total. The van der Waals surface area contributed by atoms with Crippen molar-refractivity contribution in [2.45, 2.75) is 5.37 Å². The lowest BCUT2D eigenvalue weighted by molar-refractivity contribution is 0.0765. The van der Waals surface area contributed by atoms with E-state index in [2.05, 4.69) is 0 Å². The van der Waals surface area contributed by atoms with Crippen molar-refractivity contribution in [3.8, 4) is 5.75 Å². The highest BCUT2D eigenvalue weighted by Gasteiger charge is 2.31. The van der Waals surface area contributed by atoms with Crippen molar-refractivity contribution in [1.29, 1.82) is 0 Å². The molecule has 2 heterocycles. The Morgan fingerprint density at radius 3 is 2.67 bits per heavy atom. The molecule has 1 aromatic carbocycles. The van der Waals surface area contributed by atoms with E-state index in [0.29, 0.717) is 9.21 Å². The maximum absolute atomic E-state index is 12.6. The molecule has 0 saturated carbocycles. The lowest BCUT2D eigenvalue weighted by atomic mass is 10.2. The average molecular weight is 340 g/mol. The number of rotatable bonds is 3. The zero-order valence-corrected chi connectivity index (χ0v) is 13.8. The Morgan fingerprint density at radius 2 is 2.05 bits per heavy atom. The second-order valence-corrected chi connectivity index (χ2v) is 7.50. The summed E-state index contributed by atoms with van der Waals surface area (Å²) in [6.45, 7) is 0.760. The van der Waals surface area contributed by atoms with Crippen molar-refractivity contribution in [2.75, 3.05) is 19.4 Å². The summed E-state index contributed by atoms with van der Waals surface area (Å²) in [5, 5.41) is 0.0595. The predicted octanol–water partition coefficient (Wildman–Crippen LogP) is 4.30. The molecule has 110 valence electrons. The third-order valence-electron chi connectivity index (χ3n) is 3.34. The molecule has 1 saturated heterocycles. The second-order valence-electron chi connectivity index (χ2n) is 4.60. The van der Waals surface area contributed by atoms with Crippen LogP contribution in [-0.2, 0) is 0 Å². The van der Waals surface area contributed by atoms with Crippen molar-refractivity contribution in [3.63, 3.8) is 0 Å². The maximum atomic E-state index is 12.6. The lowest BCUT2D eigenvalue weighted by Crippen LogP contribution is -2.29. The van der Waals surface area contributed by atoms with E-state index >= 15 is 0 Å². The van der Waals surface area contributed by atoms with Gasteiger partial charge in [0.05, 0.1) is 16.3 Å². The van der Waals surface area contributed by atoms with Gasteiger partial charge < -0.3 is 9.64 Å². The van der Waals surface area contributed by atoms with E-state index in [-0.39, 0.29) is 11.3 Å². The van der Waals surface area contributed by atoms with Gasteiger partial charge in [-0.05, 0) is 29.8 Å². The topological polar surface area (TPSA) is 29.5 Å². The minimum Gasteiger partial charge on any atom is -0.497 e. The van der Waals surface area contributed by atoms with E-state index < -0.39 is 0 Å². The van der Waals surface area contributed by atoms with E-state index in [0.717, 1.165) is 23.6 Å². The summed E-state index contributed by atoms with van der Waals surface area (Å²) in [6.07, 6.45) is 0. The van der Waals surface area contributed by atoms with Gasteiger partial charge in [0.1, 0.15) is 11.1 Å². The summed E-state index contributed by atoms with van der Waals surface area (Å²) >= 11 is 9.04. The number of amides is 1. The third-order valence-corrected chi connectivity index (χ3v) is 5.82. The minimum absolute atomic E-state index is 0.0534. The molecule has 6 heteroatoms. The number of methoxy groups -OCH3 is 1. The normalized spacial score (nSPS) is 18.0. The molecule has 1 atom stereocenters. The highest BCUT2D eigenvalue weighted by atomic mass is 35.5. The standard InChI is InChI=1S/C15H14ClNO2S2/c1-19-11-4-2-10(3-5-11)15-17(8-9-20-15)14(18)12-6-7-13(16)21-12/h2-7,15H,8-9H2,1H3/t15-/m0/s1. The summed E-state index contributed by atoms with van der Waals surface area (Å²) in [7, 11) is 1.65. The van der Waals surface area contributed by atoms with Crippen molar-refractivity contribution in [1.82, 2.24) is 4.90 Å². The van der Waals surface area contributed by atoms with Crippen LogP contribution in [0.5, 0.6) is 5.75 Å². The van der Waals surface area contributed by atoms with Crippen molar-refractivity contribution in [3.05, 3.63) is 51.2 Å². The summed E-state index contributed by atoms with van der Waals surface area (Å²) in [4.78, 5) is 15.2. The van der Waals surface area contributed by atoms with Gasteiger partial charge in [0.25, 0.3) is 5.91 Å². The van der Waals surface area contributed by atoms with E-state index in [4.69, 9.17) is 16.3 Å². The van der Waals surface area contributed by atoms with Crippen LogP contribution < -0.4 is 4.74 Å². The molecule has 0 spiro atoms. The zero-order chi connectivity index (χ0) is 14.8. The Balaban J connectivity index is 1.83. The van der Waals surface area contributed by atoms with Crippen LogP contribution in [0, 0.1) is 0 Å². The SMILES string of the molecule is COc1ccc([C@@H]2SCCN2C(=O)c2ccc(Cl)s2)cc1. The Kier molecular flexibility index (Phi) is 4.42. The quantitative estimate of drug-likeness (QED) is 0.835. The number of benzene rings is 1. The third kappa shape index (κ3) is 3.05. The first-order valence-electron chi connectivity index (χ1n) is 6.51. The number of thiophene rings is 1. The number of hydrogen-bond acceptors (Lipinski definition) is 4. The molecule has 1 amide bonds. The molecule has 0 aliphatic carbocycles. The predicted molar refractivity (Wildman–Crippen MR) is 88.6 cm³/mol. The monoisotopic (exact) mass is 339 g/mol. The van der Waals surface area contributed by atoms with Crippen LogP contribution in [-0.4, -0.2) is 30.2 Å². The number of hydrogen-bond donors (Lipinski definition) is 0. The van der Waals surface area contributed by atoms with Gasteiger partial charge >= 0.3 is 0 Å². The number of carbonyl (C=O) groups excluding carboxylic acids is 1. The zero-order valence-electron chi connectivity index (χ0n) is 11.4. The molecule has 21 heavy (non-hydrogen) atoms. The first kappa shape index (κ1) is 14.8. The van der Waals surface area contributed by atoms with Crippen LogP contribution in [0.15, 0.2) is 36.4 Å². The van der Waals surface area contributed by atoms with Gasteiger partial charge in [-0.25, -0.2) is 0 Å². The molecule has 3 nitrogen and oxygen atoms in total. The molecule has 1 aliphatic rings. The average Bonchev–Trinajstić information content (AvgIpc) is 3.15. The Bertz CT molecular complexity index is 641. The second kappa shape index (κ2) is 6.30. The van der Waals surface area contributed by atoms with Crippen molar-refractivity contribution >= 4 is 40.6 Å². The molecule has 1 aliphatic heterocycles. The smallest absolute Gasteiger partial charge is 0.265 e. The van der Waals surface area contributed by atoms with Gasteiger partial charge in [-0.2, -0.15) is 0 Å². The van der Waals surface area contributed by atoms with Gasteiger partial charge in [0, 0.05) is 12.3 Å². The van der Waals surface area contributed by atoms with Gasteiger partial charge in [0.15, 0.2) is 0 Å². The molecular weight excluding hydrogens is 326 g/mol. The van der Waals surface area contributed by atoms with Crippen LogP contribution in [0.1, 0.15) is 20.6 Å². The van der Waals surface area contributed by atoms with E-state index in [1.807, 2.05) is 29.2 Å². The summed E-state index contributed by atoms with van der Waals surface area (Å²) in [5.41, 5.74) is 1.12. The lowest BCUT2D eigenvalue weighted by Gasteiger charge is -2.23. The van der Waals surface area contributed by atoms with Crippen LogP contribution in [0.3, 0.4) is 0 Å². The maximum Gasteiger partial charge on any atom is 0.265 e.